The molecular formula is C31H32NO+. The van der Waals surface area contributed by atoms with E-state index in [1.54, 1.807) is 6.92 Å². The van der Waals surface area contributed by atoms with Crippen LogP contribution in [0.1, 0.15) is 25.0 Å². The Labute approximate surface area is 197 Å². The molecule has 0 fully saturated rings. The van der Waals surface area contributed by atoms with Crippen molar-refractivity contribution in [2.45, 2.75) is 19.9 Å². The predicted molar refractivity (Wildman–Crippen MR) is 142 cm³/mol. The number of fused-ring (bicyclic) bond motifs is 2. The smallest absolute Gasteiger partial charge is 0.186 e. The Hall–Kier alpha value is -3.49. The molecular weight excluding hydrogens is 402 g/mol. The molecule has 0 aliphatic heterocycles. The zero-order valence-electron chi connectivity index (χ0n) is 19.7. The summed E-state index contributed by atoms with van der Waals surface area (Å²) in [5, 5.41) is 4.99. The summed E-state index contributed by atoms with van der Waals surface area (Å²) in [5.41, 5.74) is 2.42. The van der Waals surface area contributed by atoms with E-state index >= 15 is 0 Å². The molecule has 2 heteroatoms. The first-order chi connectivity index (χ1) is 16.0. The number of benzene rings is 4. The summed E-state index contributed by atoms with van der Waals surface area (Å²) in [6.45, 7) is 5.30. The molecule has 4 rings (SSSR count). The van der Waals surface area contributed by atoms with Gasteiger partial charge in [0.05, 0.1) is 20.1 Å². The van der Waals surface area contributed by atoms with Crippen molar-refractivity contribution in [1.29, 1.82) is 0 Å². The van der Waals surface area contributed by atoms with Crippen LogP contribution < -0.4 is 0 Å². The Morgan fingerprint density at radius 2 is 1.15 bits per heavy atom. The number of hydrogen-bond acceptors (Lipinski definition) is 1. The first-order valence-electron chi connectivity index (χ1n) is 11.6. The topological polar surface area (TPSA) is 17.1 Å². The minimum atomic E-state index is -0.0839. The minimum absolute atomic E-state index is 0.0839. The maximum atomic E-state index is 12.3. The first kappa shape index (κ1) is 22.7. The largest absolute Gasteiger partial charge is 0.311 e. The second kappa shape index (κ2) is 9.97. The lowest BCUT2D eigenvalue weighted by molar-refractivity contribution is -0.911. The maximum absolute atomic E-state index is 12.3. The fraction of sp³-hybridized carbons (Fsp3) is 0.194. The van der Waals surface area contributed by atoms with Gasteiger partial charge in [0.15, 0.2) is 5.78 Å². The molecule has 4 aromatic rings. The number of ketones is 1. The van der Waals surface area contributed by atoms with E-state index in [9.17, 15) is 4.79 Å². The first-order valence-corrected chi connectivity index (χ1v) is 11.6. The fourth-order valence-corrected chi connectivity index (χ4v) is 4.46. The molecule has 0 bridgehead atoms. The lowest BCUT2D eigenvalue weighted by atomic mass is 10.0. The van der Waals surface area contributed by atoms with Gasteiger partial charge >= 0.3 is 0 Å². The Morgan fingerprint density at radius 1 is 0.727 bits per heavy atom. The van der Waals surface area contributed by atoms with Crippen molar-refractivity contribution in [3.05, 3.63) is 108 Å². The summed E-state index contributed by atoms with van der Waals surface area (Å²) < 4.78 is 0.637. The lowest BCUT2D eigenvalue weighted by Gasteiger charge is -2.37. The molecule has 2 nitrogen and oxygen atoms in total. The van der Waals surface area contributed by atoms with Crippen LogP contribution in [0.15, 0.2) is 97.1 Å². The summed E-state index contributed by atoms with van der Waals surface area (Å²) >= 11 is 0. The molecule has 1 atom stereocenters. The van der Waals surface area contributed by atoms with Crippen LogP contribution in [-0.2, 0) is 4.79 Å². The van der Waals surface area contributed by atoms with Crippen LogP contribution >= 0.6 is 0 Å². The molecule has 0 heterocycles. The molecule has 0 spiro atoms. The Bertz CT molecular complexity index is 1230. The van der Waals surface area contributed by atoms with Gasteiger partial charge in [0, 0.05) is 6.92 Å². The van der Waals surface area contributed by atoms with E-state index in [1.165, 1.54) is 32.7 Å². The summed E-state index contributed by atoms with van der Waals surface area (Å²) in [6.07, 6.45) is 8.82. The standard InChI is InChI=1S/C31H32NO/c1-24(25(2)33)32(3,22-10-18-28-16-8-14-26-12-4-6-20-30(26)28)23-11-19-29-17-9-15-27-13-5-7-21-31(27)29/h4-21,24H,22-23H2,1-3H3/q+1/b18-10+,19-11+. The minimum Gasteiger partial charge on any atom is -0.311 e. The van der Waals surface area contributed by atoms with Gasteiger partial charge in [-0.05, 0) is 51.7 Å². The van der Waals surface area contributed by atoms with Crippen molar-refractivity contribution in [3.8, 4) is 0 Å². The molecule has 0 amide bonds. The summed E-state index contributed by atoms with van der Waals surface area (Å²) in [4.78, 5) is 12.3. The Morgan fingerprint density at radius 3 is 1.61 bits per heavy atom. The highest BCUT2D eigenvalue weighted by Crippen LogP contribution is 2.22. The van der Waals surface area contributed by atoms with Crippen molar-refractivity contribution in [1.82, 2.24) is 0 Å². The van der Waals surface area contributed by atoms with Crippen molar-refractivity contribution in [2.24, 2.45) is 0 Å². The average molecular weight is 435 g/mol. The Kier molecular flexibility index (Phi) is 6.86. The van der Waals surface area contributed by atoms with Crippen molar-refractivity contribution in [2.75, 3.05) is 20.1 Å². The molecule has 4 aromatic carbocycles. The van der Waals surface area contributed by atoms with Gasteiger partial charge in [-0.2, -0.15) is 0 Å². The van der Waals surface area contributed by atoms with Gasteiger partial charge in [-0.15, -0.1) is 0 Å². The number of Topliss-reactive ketones (excluding diaryl/α,β-unsaturated/α-hetero) is 1. The number of carbonyl (C=O) groups excluding carboxylic acids is 1. The van der Waals surface area contributed by atoms with Crippen LogP contribution in [0.3, 0.4) is 0 Å². The highest BCUT2D eigenvalue weighted by atomic mass is 16.1. The van der Waals surface area contributed by atoms with Gasteiger partial charge in [-0.3, -0.25) is 4.79 Å². The van der Waals surface area contributed by atoms with E-state index in [1.807, 2.05) is 6.92 Å². The van der Waals surface area contributed by atoms with Gasteiger partial charge < -0.3 is 4.48 Å². The molecule has 0 saturated carbocycles. The molecule has 166 valence electrons. The van der Waals surface area contributed by atoms with Crippen LogP contribution in [0, 0.1) is 0 Å². The molecule has 0 saturated heterocycles. The molecule has 0 aliphatic rings. The van der Waals surface area contributed by atoms with Gasteiger partial charge in [-0.25, -0.2) is 0 Å². The highest BCUT2D eigenvalue weighted by molar-refractivity contribution is 5.91. The Balaban J connectivity index is 1.56. The third-order valence-electron chi connectivity index (χ3n) is 6.81. The van der Waals surface area contributed by atoms with Crippen LogP contribution in [0.5, 0.6) is 0 Å². The van der Waals surface area contributed by atoms with Crippen molar-refractivity contribution >= 4 is 39.5 Å². The molecule has 0 aromatic heterocycles. The normalized spacial score (nSPS) is 13.3. The van der Waals surface area contributed by atoms with Gasteiger partial charge in [-0.1, -0.05) is 97.1 Å². The number of likely N-dealkylation sites (N-methyl/N-ethyl adjacent to an activating group) is 1. The van der Waals surface area contributed by atoms with E-state index < -0.39 is 0 Å². The summed E-state index contributed by atoms with van der Waals surface area (Å²) in [5.74, 6) is 0.217. The van der Waals surface area contributed by atoms with E-state index in [4.69, 9.17) is 0 Å². The third-order valence-corrected chi connectivity index (χ3v) is 6.81. The number of quaternary nitrogens is 1. The van der Waals surface area contributed by atoms with Gasteiger partial charge in [0.1, 0.15) is 6.04 Å². The van der Waals surface area contributed by atoms with Crippen LogP contribution in [0.25, 0.3) is 33.7 Å². The molecule has 0 N–H and O–H groups in total. The van der Waals surface area contributed by atoms with Crippen LogP contribution in [0.2, 0.25) is 0 Å². The number of hydrogen-bond donors (Lipinski definition) is 0. The number of nitrogens with zero attached hydrogens (tertiary/aromatic N) is 1. The average Bonchev–Trinajstić information content (AvgIpc) is 2.84. The van der Waals surface area contributed by atoms with Gasteiger partial charge in [0.2, 0.25) is 0 Å². The van der Waals surface area contributed by atoms with Crippen molar-refractivity contribution in [3.63, 3.8) is 0 Å². The fourth-order valence-electron chi connectivity index (χ4n) is 4.46. The zero-order chi connectivity index (χ0) is 23.3. The van der Waals surface area contributed by atoms with Gasteiger partial charge in [0.25, 0.3) is 0 Å². The summed E-state index contributed by atoms with van der Waals surface area (Å²) in [6, 6.07) is 29.6. The SMILES string of the molecule is CC(=O)C(C)[N+](C)(C/C=C/c1cccc2ccccc12)C/C=C/c1cccc2ccccc12. The molecule has 33 heavy (non-hydrogen) atoms. The second-order valence-corrected chi connectivity index (χ2v) is 9.07. The maximum Gasteiger partial charge on any atom is 0.186 e. The summed E-state index contributed by atoms with van der Waals surface area (Å²) in [7, 11) is 2.17. The van der Waals surface area contributed by atoms with E-state index in [2.05, 4.69) is 116 Å². The zero-order valence-corrected chi connectivity index (χ0v) is 19.7. The van der Waals surface area contributed by atoms with Crippen molar-refractivity contribution < 1.29 is 9.28 Å². The quantitative estimate of drug-likeness (QED) is 0.269. The highest BCUT2D eigenvalue weighted by Gasteiger charge is 2.30. The number of carbonyl (C=O) groups is 1. The second-order valence-electron chi connectivity index (χ2n) is 9.07. The van der Waals surface area contributed by atoms with Crippen LogP contribution in [-0.4, -0.2) is 36.4 Å². The van der Waals surface area contributed by atoms with E-state index in [0.29, 0.717) is 4.48 Å². The molecule has 0 radical (unpaired) electrons. The van der Waals surface area contributed by atoms with Crippen LogP contribution in [0.4, 0.5) is 0 Å². The molecule has 1 unspecified atom stereocenters. The third kappa shape index (κ3) is 5.13. The number of rotatable bonds is 8. The molecule has 0 aliphatic carbocycles. The predicted octanol–water partition coefficient (Wildman–Crippen LogP) is 7.14. The monoisotopic (exact) mass is 434 g/mol. The lowest BCUT2D eigenvalue weighted by Crippen LogP contribution is -2.54. The van der Waals surface area contributed by atoms with E-state index in [-0.39, 0.29) is 11.8 Å². The van der Waals surface area contributed by atoms with E-state index in [0.717, 1.165) is 13.1 Å².